The van der Waals surface area contributed by atoms with Gasteiger partial charge in [-0.05, 0) is 33.7 Å². The van der Waals surface area contributed by atoms with Crippen LogP contribution >= 0.6 is 0 Å². The molecule has 4 aromatic carbocycles. The summed E-state index contributed by atoms with van der Waals surface area (Å²) in [6.45, 7) is 0. The third-order valence-corrected chi connectivity index (χ3v) is 4.22. The molecule has 30 heavy (non-hydrogen) atoms. The van der Waals surface area contributed by atoms with E-state index in [1.807, 2.05) is 12.1 Å². The van der Waals surface area contributed by atoms with Crippen molar-refractivity contribution in [1.82, 2.24) is 0 Å². The van der Waals surface area contributed by atoms with Crippen molar-refractivity contribution in [3.8, 4) is 11.5 Å². The van der Waals surface area contributed by atoms with Gasteiger partial charge in [0.2, 0.25) is 0 Å². The van der Waals surface area contributed by atoms with E-state index in [-0.39, 0.29) is 70.2 Å². The summed E-state index contributed by atoms with van der Waals surface area (Å²) in [5.41, 5.74) is -0.354. The minimum atomic E-state index is -1.18. The van der Waals surface area contributed by atoms with Gasteiger partial charge in [-0.3, -0.25) is 0 Å². The van der Waals surface area contributed by atoms with Crippen molar-refractivity contribution in [3.63, 3.8) is 0 Å². The number of hydrogen-bond donors (Lipinski definition) is 2. The van der Waals surface area contributed by atoms with Crippen LogP contribution in [-0.4, -0.2) is 22.2 Å². The zero-order chi connectivity index (χ0) is 20.3. The van der Waals surface area contributed by atoms with Crippen LogP contribution < -0.4 is 69.3 Å². The number of hydrogen-bond acceptors (Lipinski definition) is 4. The number of fused-ring (bicyclic) bond motifs is 2. The van der Waals surface area contributed by atoms with Gasteiger partial charge in [0.1, 0.15) is 0 Å². The first-order chi connectivity index (χ1) is 13.4. The average molecular weight is 420 g/mol. The smallest absolute Gasteiger partial charge is 0.871 e. The van der Waals surface area contributed by atoms with Crippen molar-refractivity contribution in [3.05, 3.63) is 83.9 Å². The summed E-state index contributed by atoms with van der Waals surface area (Å²) in [5, 5.41) is 43.1. The van der Waals surface area contributed by atoms with E-state index >= 15 is 0 Å². The molecule has 0 aromatic heterocycles. The quantitative estimate of drug-likeness (QED) is 0.339. The molecule has 0 spiro atoms. The van der Waals surface area contributed by atoms with E-state index < -0.39 is 23.4 Å². The number of carboxylic acid groups (broad SMARTS) is 2. The van der Waals surface area contributed by atoms with Crippen molar-refractivity contribution in [1.29, 1.82) is 0 Å². The average Bonchev–Trinajstić information content (AvgIpc) is 2.69. The summed E-state index contributed by atoms with van der Waals surface area (Å²) in [7, 11) is 0. The van der Waals surface area contributed by atoms with Crippen LogP contribution in [0.25, 0.3) is 21.5 Å². The molecular formula is C22H14Na2O6. The standard InChI is InChI=1S/2C11H8O3.2Na/c2*12-10-8-4-2-1-3-7(8)5-6-9(10)11(13)14;;/h2*1-6,12H,(H,13,14);;/q;;2*+1/p-2. The second-order valence-corrected chi connectivity index (χ2v) is 5.94. The van der Waals surface area contributed by atoms with Crippen molar-refractivity contribution in [2.75, 3.05) is 0 Å². The Labute approximate surface area is 216 Å². The van der Waals surface area contributed by atoms with E-state index in [1.54, 1.807) is 48.5 Å². The van der Waals surface area contributed by atoms with Gasteiger partial charge in [0.05, 0.1) is 11.1 Å². The summed E-state index contributed by atoms with van der Waals surface area (Å²) in [6, 6.07) is 19.8. The van der Waals surface area contributed by atoms with Gasteiger partial charge in [-0.25, -0.2) is 9.59 Å². The maximum absolute atomic E-state index is 11.6. The van der Waals surface area contributed by atoms with Crippen LogP contribution in [0.3, 0.4) is 0 Å². The molecule has 0 aliphatic heterocycles. The molecule has 4 rings (SSSR count). The number of carbonyl (C=O) groups is 2. The number of aromatic carboxylic acids is 2. The Kier molecular flexibility index (Phi) is 9.84. The van der Waals surface area contributed by atoms with Crippen LogP contribution in [0.4, 0.5) is 0 Å². The zero-order valence-corrected chi connectivity index (χ0v) is 20.5. The fraction of sp³-hybridized carbons (Fsp3) is 0. The molecule has 8 heteroatoms. The first kappa shape index (κ1) is 26.0. The molecule has 4 aromatic rings. The molecule has 0 aliphatic carbocycles. The monoisotopic (exact) mass is 420 g/mol. The van der Waals surface area contributed by atoms with Gasteiger partial charge in [-0.15, -0.1) is 0 Å². The molecule has 0 saturated heterocycles. The van der Waals surface area contributed by atoms with Gasteiger partial charge >= 0.3 is 71.1 Å². The Balaban J connectivity index is 0.000000281. The molecule has 0 unspecified atom stereocenters. The second-order valence-electron chi connectivity index (χ2n) is 5.94. The summed E-state index contributed by atoms with van der Waals surface area (Å²) in [6.07, 6.45) is 0. The topological polar surface area (TPSA) is 121 Å². The van der Waals surface area contributed by atoms with Gasteiger partial charge in [-0.2, -0.15) is 0 Å². The Morgan fingerprint density at radius 3 is 1.23 bits per heavy atom. The minimum Gasteiger partial charge on any atom is -0.871 e. The van der Waals surface area contributed by atoms with E-state index in [0.29, 0.717) is 10.8 Å². The van der Waals surface area contributed by atoms with Crippen LogP contribution in [0.2, 0.25) is 0 Å². The Morgan fingerprint density at radius 2 is 0.900 bits per heavy atom. The normalized spacial score (nSPS) is 9.60. The number of carboxylic acids is 2. The third-order valence-electron chi connectivity index (χ3n) is 4.22. The van der Waals surface area contributed by atoms with E-state index in [2.05, 4.69) is 0 Å². The minimum absolute atomic E-state index is 0. The van der Waals surface area contributed by atoms with Crippen molar-refractivity contribution >= 4 is 33.5 Å². The molecule has 6 nitrogen and oxygen atoms in total. The van der Waals surface area contributed by atoms with Gasteiger partial charge < -0.3 is 20.4 Å². The first-order valence-electron chi connectivity index (χ1n) is 8.24. The molecule has 2 N–H and O–H groups in total. The second kappa shape index (κ2) is 11.4. The number of benzene rings is 4. The molecular weight excluding hydrogens is 406 g/mol. The van der Waals surface area contributed by atoms with Gasteiger partial charge in [0, 0.05) is 0 Å². The van der Waals surface area contributed by atoms with Crippen LogP contribution in [0, 0.1) is 0 Å². The number of rotatable bonds is 2. The van der Waals surface area contributed by atoms with Gasteiger partial charge in [0.15, 0.2) is 0 Å². The van der Waals surface area contributed by atoms with Gasteiger partial charge in [0.25, 0.3) is 0 Å². The predicted octanol–water partition coefficient (Wildman–Crippen LogP) is -2.77. The van der Waals surface area contributed by atoms with Crippen molar-refractivity contribution < 1.29 is 89.1 Å². The predicted molar refractivity (Wildman–Crippen MR) is 101 cm³/mol. The molecule has 0 saturated carbocycles. The third kappa shape index (κ3) is 5.55. The maximum atomic E-state index is 11.6. The summed E-state index contributed by atoms with van der Waals surface area (Å²) >= 11 is 0. The van der Waals surface area contributed by atoms with Crippen LogP contribution in [0.15, 0.2) is 72.8 Å². The van der Waals surface area contributed by atoms with Crippen LogP contribution in [-0.2, 0) is 0 Å². The SMILES string of the molecule is O=C(O)c1ccc2ccccc2c1[O-].O=C(O)c1ccc2ccccc2c1[O-].[Na+].[Na+]. The largest absolute Gasteiger partial charge is 1.00 e. The Hall–Kier alpha value is -2.06. The molecule has 140 valence electrons. The van der Waals surface area contributed by atoms with E-state index in [4.69, 9.17) is 10.2 Å². The fourth-order valence-electron chi connectivity index (χ4n) is 2.82. The molecule has 0 bridgehead atoms. The van der Waals surface area contributed by atoms with Crippen molar-refractivity contribution in [2.24, 2.45) is 0 Å². The van der Waals surface area contributed by atoms with Crippen LogP contribution in [0.5, 0.6) is 11.5 Å². The van der Waals surface area contributed by atoms with E-state index in [9.17, 15) is 19.8 Å². The zero-order valence-electron chi connectivity index (χ0n) is 16.5. The van der Waals surface area contributed by atoms with Crippen molar-refractivity contribution in [2.45, 2.75) is 0 Å². The molecule has 0 atom stereocenters. The molecule has 0 aliphatic rings. The summed E-state index contributed by atoms with van der Waals surface area (Å²) < 4.78 is 0. The molecule has 0 amide bonds. The maximum Gasteiger partial charge on any atom is 1.00 e. The van der Waals surface area contributed by atoms with Crippen LogP contribution in [0.1, 0.15) is 20.7 Å². The van der Waals surface area contributed by atoms with E-state index in [0.717, 1.165) is 10.8 Å². The fourth-order valence-corrected chi connectivity index (χ4v) is 2.82. The van der Waals surface area contributed by atoms with E-state index in [1.165, 1.54) is 12.1 Å². The summed E-state index contributed by atoms with van der Waals surface area (Å²) in [4.78, 5) is 21.3. The molecule has 0 fully saturated rings. The Morgan fingerprint density at radius 1 is 0.567 bits per heavy atom. The van der Waals surface area contributed by atoms with Gasteiger partial charge in [-0.1, -0.05) is 72.2 Å². The molecule has 0 radical (unpaired) electrons. The summed E-state index contributed by atoms with van der Waals surface area (Å²) in [5.74, 6) is -3.20. The first-order valence-corrected chi connectivity index (χ1v) is 8.24. The molecule has 0 heterocycles. The Bertz CT molecular complexity index is 1110.